The molecule has 2 rings (SSSR count). The summed E-state index contributed by atoms with van der Waals surface area (Å²) in [6, 6.07) is 8.65. The molecule has 0 spiro atoms. The van der Waals surface area contributed by atoms with Crippen LogP contribution in [0.25, 0.3) is 0 Å². The Labute approximate surface area is 154 Å². The van der Waals surface area contributed by atoms with Crippen molar-refractivity contribution in [3.8, 4) is 5.75 Å². The number of benzene rings is 1. The molecule has 142 valence electrons. The van der Waals surface area contributed by atoms with Gasteiger partial charge < -0.3 is 19.7 Å². The van der Waals surface area contributed by atoms with E-state index in [0.29, 0.717) is 12.0 Å². The van der Waals surface area contributed by atoms with Crippen molar-refractivity contribution in [3.05, 3.63) is 29.8 Å². The Morgan fingerprint density at radius 2 is 2.12 bits per heavy atom. The summed E-state index contributed by atoms with van der Waals surface area (Å²) in [5.41, 5.74) is 1.27. The average Bonchev–Trinajstić information content (AvgIpc) is 2.98. The van der Waals surface area contributed by atoms with E-state index in [9.17, 15) is 4.80 Å². The summed E-state index contributed by atoms with van der Waals surface area (Å²) in [6.07, 6.45) is 2.37. The smallest absolute Gasteiger partial charge is 0.188 e. The molecular formula is C20H36N2O2Si. The van der Waals surface area contributed by atoms with E-state index >= 15 is 0 Å². The zero-order valence-electron chi connectivity index (χ0n) is 16.8. The number of hydrogen-bond donors (Lipinski definition) is 2. The van der Waals surface area contributed by atoms with Crippen molar-refractivity contribution >= 4 is 8.32 Å². The first kappa shape index (κ1) is 20.4. The van der Waals surface area contributed by atoms with Crippen molar-refractivity contribution in [2.24, 2.45) is 5.92 Å². The number of hydrogen-bond acceptors (Lipinski definition) is 4. The molecule has 1 saturated heterocycles. The Morgan fingerprint density at radius 1 is 1.40 bits per heavy atom. The van der Waals surface area contributed by atoms with Crippen molar-refractivity contribution in [2.45, 2.75) is 50.9 Å². The predicted molar refractivity (Wildman–Crippen MR) is 108 cm³/mol. The molecule has 0 bridgehead atoms. The van der Waals surface area contributed by atoms with Crippen LogP contribution >= 0.6 is 0 Å². The van der Waals surface area contributed by atoms with Gasteiger partial charge >= 0.3 is 0 Å². The van der Waals surface area contributed by atoms with Gasteiger partial charge in [-0.2, -0.15) is 0 Å². The molecule has 1 fully saturated rings. The van der Waals surface area contributed by atoms with Gasteiger partial charge in [0.25, 0.3) is 0 Å². The highest BCUT2D eigenvalue weighted by atomic mass is 28.4. The molecule has 5 heteroatoms. The summed E-state index contributed by atoms with van der Waals surface area (Å²) < 4.78 is 5.36. The standard InChI is InChI=1S/C20H36N2O2Si/c1-20(2,25(5,6)23)13-16-10-11-22(14-16)15-19(21-3)17-8-7-9-18(12-17)24-4/h7-9,12,16,19,21,23H,10-11,13-15H2,1-6H3/t16-,19-/m1/s1. The fraction of sp³-hybridized carbons (Fsp3) is 0.700. The maximum absolute atomic E-state index is 10.6. The van der Waals surface area contributed by atoms with Crippen LogP contribution in [0.5, 0.6) is 5.75 Å². The van der Waals surface area contributed by atoms with Gasteiger partial charge in [0, 0.05) is 19.1 Å². The predicted octanol–water partition coefficient (Wildman–Crippen LogP) is 3.65. The summed E-state index contributed by atoms with van der Waals surface area (Å²) in [6.45, 7) is 11.9. The fourth-order valence-electron chi connectivity index (χ4n) is 3.70. The SMILES string of the molecule is CN[C@H](CN1CC[C@H](CC(C)(C)[Si](C)(C)O)C1)c1cccc(OC)c1. The normalized spacial score (nSPS) is 20.7. The molecule has 0 saturated carbocycles. The second-order valence-electron chi connectivity index (χ2n) is 8.68. The third kappa shape index (κ3) is 5.30. The van der Waals surface area contributed by atoms with E-state index < -0.39 is 8.32 Å². The molecule has 0 aromatic heterocycles. The van der Waals surface area contributed by atoms with E-state index in [1.165, 1.54) is 12.0 Å². The topological polar surface area (TPSA) is 44.7 Å². The van der Waals surface area contributed by atoms with Crippen LogP contribution in [0.15, 0.2) is 24.3 Å². The minimum Gasteiger partial charge on any atom is -0.497 e. The lowest BCUT2D eigenvalue weighted by Crippen LogP contribution is -2.40. The van der Waals surface area contributed by atoms with Crippen molar-refractivity contribution in [1.29, 1.82) is 0 Å². The van der Waals surface area contributed by atoms with Crippen molar-refractivity contribution in [2.75, 3.05) is 33.8 Å². The van der Waals surface area contributed by atoms with Gasteiger partial charge in [0.1, 0.15) is 5.75 Å². The molecule has 1 aromatic carbocycles. The molecule has 0 unspecified atom stereocenters. The molecule has 1 heterocycles. The van der Waals surface area contributed by atoms with Crippen LogP contribution in [-0.4, -0.2) is 51.8 Å². The number of ether oxygens (including phenoxy) is 1. The Bertz CT molecular complexity index is 557. The third-order valence-electron chi connectivity index (χ3n) is 6.11. The molecule has 1 aliphatic heterocycles. The zero-order valence-corrected chi connectivity index (χ0v) is 17.8. The monoisotopic (exact) mass is 364 g/mol. The summed E-state index contributed by atoms with van der Waals surface area (Å²) in [5, 5.41) is 3.53. The van der Waals surface area contributed by atoms with E-state index in [1.807, 2.05) is 13.1 Å². The van der Waals surface area contributed by atoms with Gasteiger partial charge in [0.15, 0.2) is 8.32 Å². The first-order valence-corrected chi connectivity index (χ1v) is 12.4. The first-order chi connectivity index (χ1) is 11.7. The van der Waals surface area contributed by atoms with Crippen LogP contribution in [0, 0.1) is 5.92 Å². The second-order valence-corrected chi connectivity index (χ2v) is 13.2. The largest absolute Gasteiger partial charge is 0.497 e. The van der Waals surface area contributed by atoms with Gasteiger partial charge in [-0.25, -0.2) is 0 Å². The molecule has 0 amide bonds. The fourth-order valence-corrected chi connectivity index (χ4v) is 4.48. The van der Waals surface area contributed by atoms with Crippen LogP contribution in [-0.2, 0) is 0 Å². The lowest BCUT2D eigenvalue weighted by Gasteiger charge is -2.37. The Balaban J connectivity index is 1.95. The van der Waals surface area contributed by atoms with Gasteiger partial charge in [0.05, 0.1) is 7.11 Å². The lowest BCUT2D eigenvalue weighted by atomic mass is 9.95. The minimum absolute atomic E-state index is 0.0723. The highest BCUT2D eigenvalue weighted by molar-refractivity contribution is 6.72. The molecule has 1 aromatic rings. The number of nitrogens with zero attached hydrogens (tertiary/aromatic N) is 1. The van der Waals surface area contributed by atoms with Gasteiger partial charge in [-0.15, -0.1) is 0 Å². The van der Waals surface area contributed by atoms with Gasteiger partial charge in [-0.05, 0) is 68.2 Å². The summed E-state index contributed by atoms with van der Waals surface area (Å²) in [7, 11) is 1.62. The first-order valence-electron chi connectivity index (χ1n) is 9.42. The van der Waals surface area contributed by atoms with E-state index in [2.05, 4.69) is 55.4 Å². The molecule has 0 radical (unpaired) electrons. The minimum atomic E-state index is -2.12. The summed E-state index contributed by atoms with van der Waals surface area (Å²) in [4.78, 5) is 13.1. The molecule has 25 heavy (non-hydrogen) atoms. The highest BCUT2D eigenvalue weighted by Gasteiger charge is 2.40. The maximum atomic E-state index is 10.6. The highest BCUT2D eigenvalue weighted by Crippen LogP contribution is 2.43. The third-order valence-corrected chi connectivity index (χ3v) is 9.63. The zero-order chi connectivity index (χ0) is 18.7. The molecule has 2 atom stereocenters. The molecule has 1 aliphatic rings. The van der Waals surface area contributed by atoms with Crippen molar-refractivity contribution in [1.82, 2.24) is 10.2 Å². The summed E-state index contributed by atoms with van der Waals surface area (Å²) in [5.74, 6) is 1.60. The van der Waals surface area contributed by atoms with Crippen molar-refractivity contribution < 1.29 is 9.53 Å². The lowest BCUT2D eigenvalue weighted by molar-refractivity contribution is 0.279. The molecule has 4 nitrogen and oxygen atoms in total. The number of likely N-dealkylation sites (tertiary alicyclic amines) is 1. The number of methoxy groups -OCH3 is 1. The molecule has 2 N–H and O–H groups in total. The quantitative estimate of drug-likeness (QED) is 0.691. The van der Waals surface area contributed by atoms with E-state index in [4.69, 9.17) is 4.74 Å². The van der Waals surface area contributed by atoms with Crippen LogP contribution in [0.2, 0.25) is 18.1 Å². The Kier molecular flexibility index (Phi) is 6.71. The Morgan fingerprint density at radius 3 is 2.72 bits per heavy atom. The van der Waals surface area contributed by atoms with Gasteiger partial charge in [-0.3, -0.25) is 0 Å². The van der Waals surface area contributed by atoms with Crippen LogP contribution in [0.4, 0.5) is 0 Å². The van der Waals surface area contributed by atoms with Crippen LogP contribution < -0.4 is 10.1 Å². The number of nitrogens with one attached hydrogen (secondary N) is 1. The second kappa shape index (κ2) is 8.21. The maximum Gasteiger partial charge on any atom is 0.188 e. The van der Waals surface area contributed by atoms with E-state index in [0.717, 1.165) is 31.8 Å². The van der Waals surface area contributed by atoms with E-state index in [-0.39, 0.29) is 5.04 Å². The van der Waals surface area contributed by atoms with E-state index in [1.54, 1.807) is 7.11 Å². The molecular weight excluding hydrogens is 328 g/mol. The van der Waals surface area contributed by atoms with Crippen molar-refractivity contribution in [3.63, 3.8) is 0 Å². The van der Waals surface area contributed by atoms with Crippen LogP contribution in [0.1, 0.15) is 38.3 Å². The number of rotatable bonds is 8. The van der Waals surface area contributed by atoms with Crippen LogP contribution in [0.3, 0.4) is 0 Å². The number of likely N-dealkylation sites (N-methyl/N-ethyl adjacent to an activating group) is 1. The summed E-state index contributed by atoms with van der Waals surface area (Å²) >= 11 is 0. The van der Waals surface area contributed by atoms with Gasteiger partial charge in [-0.1, -0.05) is 26.0 Å². The average molecular weight is 365 g/mol. The Hall–Kier alpha value is -0.883. The molecule has 0 aliphatic carbocycles. The van der Waals surface area contributed by atoms with Gasteiger partial charge in [0.2, 0.25) is 0 Å².